The second kappa shape index (κ2) is 23.9. The van der Waals surface area contributed by atoms with Crippen molar-refractivity contribution in [2.24, 2.45) is 11.8 Å². The molecular weight excluding hydrogens is 913 g/mol. The number of alkyl halides is 6. The maximum Gasteiger partial charge on any atom is 0.416 e. The molecule has 14 heteroatoms. The molecule has 4 fully saturated rings. The number of ether oxygens (including phenoxy) is 3. The molecule has 8 rings (SSSR count). The minimum atomic E-state index is -4.34. The van der Waals surface area contributed by atoms with Crippen LogP contribution in [0.5, 0.6) is 11.5 Å². The molecule has 2 saturated heterocycles. The number of hydrogen-bond acceptors (Lipinski definition) is 6. The van der Waals surface area contributed by atoms with Gasteiger partial charge in [0.1, 0.15) is 11.5 Å². The van der Waals surface area contributed by atoms with Crippen LogP contribution in [-0.2, 0) is 27.9 Å². The van der Waals surface area contributed by atoms with Gasteiger partial charge in [-0.05, 0) is 148 Å². The maximum atomic E-state index is 12.7. The fourth-order valence-corrected chi connectivity index (χ4v) is 10.5. The average molecular weight is 982 g/mol. The summed E-state index contributed by atoms with van der Waals surface area (Å²) in [6.07, 6.45) is 1.62. The number of methoxy groups -OCH3 is 1. The summed E-state index contributed by atoms with van der Waals surface area (Å²) in [6, 6.07) is 25.8. The first kappa shape index (κ1) is 54.4. The Balaban J connectivity index is 0.000000244. The minimum Gasteiger partial charge on any atom is -0.493 e. The zero-order chi connectivity index (χ0) is 46.2. The summed E-state index contributed by atoms with van der Waals surface area (Å²) in [6.45, 7) is 6.10. The minimum absolute atomic E-state index is 0. The molecule has 4 aliphatic rings. The van der Waals surface area contributed by atoms with Crippen LogP contribution in [0, 0.1) is 11.8 Å². The predicted molar refractivity (Wildman–Crippen MR) is 256 cm³/mol. The fraction of sp³-hybridized carbons (Fsp3) is 0.547. The Bertz CT molecular complexity index is 2080. The zero-order valence-electron chi connectivity index (χ0n) is 36.9. The van der Waals surface area contributed by atoms with E-state index < -0.39 is 29.6 Å². The first-order valence-electron chi connectivity index (χ1n) is 22.8. The summed E-state index contributed by atoms with van der Waals surface area (Å²) in [7, 11) is 1.80. The number of aliphatic hydroxyl groups excluding tert-OH is 1. The smallest absolute Gasteiger partial charge is 0.416 e. The largest absolute Gasteiger partial charge is 0.493 e. The monoisotopic (exact) mass is 980 g/mol. The summed E-state index contributed by atoms with van der Waals surface area (Å²) in [4.78, 5) is 4.75. The van der Waals surface area contributed by atoms with Crippen molar-refractivity contribution in [1.29, 1.82) is 0 Å². The quantitative estimate of drug-likeness (QED) is 0.120. The summed E-state index contributed by atoms with van der Waals surface area (Å²) in [5.74, 6) is 1.55. The lowest BCUT2D eigenvalue weighted by molar-refractivity contribution is -0.138. The van der Waals surface area contributed by atoms with Gasteiger partial charge in [-0.1, -0.05) is 75.2 Å². The van der Waals surface area contributed by atoms with E-state index in [-0.39, 0.29) is 37.7 Å². The highest BCUT2D eigenvalue weighted by atomic mass is 35.5. The van der Waals surface area contributed by atoms with Gasteiger partial charge in [-0.3, -0.25) is 0 Å². The Morgan fingerprint density at radius 1 is 0.582 bits per heavy atom. The van der Waals surface area contributed by atoms with E-state index in [1.807, 2.05) is 36.4 Å². The highest BCUT2D eigenvalue weighted by Gasteiger charge is 2.47. The Morgan fingerprint density at radius 2 is 0.970 bits per heavy atom. The lowest BCUT2D eigenvalue weighted by Gasteiger charge is -2.49. The molecule has 2 saturated carbocycles. The Morgan fingerprint density at radius 3 is 1.33 bits per heavy atom. The van der Waals surface area contributed by atoms with Crippen LogP contribution in [-0.4, -0.2) is 86.7 Å². The first-order chi connectivity index (χ1) is 31.1. The van der Waals surface area contributed by atoms with E-state index in [9.17, 15) is 31.4 Å². The Hall–Kier alpha value is -3.52. The Labute approximate surface area is 403 Å². The third-order valence-corrected chi connectivity index (χ3v) is 14.8. The topological polar surface area (TPSA) is 54.4 Å². The van der Waals surface area contributed by atoms with E-state index in [0.717, 1.165) is 125 Å². The summed E-state index contributed by atoms with van der Waals surface area (Å²) >= 11 is 12.2. The number of benzene rings is 4. The van der Waals surface area contributed by atoms with Gasteiger partial charge in [0.25, 0.3) is 0 Å². The molecule has 4 aromatic carbocycles. The van der Waals surface area contributed by atoms with E-state index in [2.05, 4.69) is 21.9 Å². The van der Waals surface area contributed by atoms with E-state index in [0.29, 0.717) is 42.2 Å². The zero-order valence-corrected chi connectivity index (χ0v) is 38.4. The number of rotatable bonds is 15. The molecule has 0 bridgehead atoms. The average Bonchev–Trinajstić information content (AvgIpc) is 3.25. The van der Waals surface area contributed by atoms with Gasteiger partial charge in [0, 0.05) is 66.0 Å². The van der Waals surface area contributed by atoms with E-state index in [4.69, 9.17) is 37.4 Å². The molecule has 0 amide bonds. The third kappa shape index (κ3) is 13.8. The Kier molecular flexibility index (Phi) is 19.4. The second-order valence-electron chi connectivity index (χ2n) is 18.5. The molecule has 0 spiro atoms. The van der Waals surface area contributed by atoms with Crippen LogP contribution in [0.4, 0.5) is 26.3 Å². The highest BCUT2D eigenvalue weighted by molar-refractivity contribution is 6.30. The third-order valence-electron chi connectivity index (χ3n) is 14.3. The van der Waals surface area contributed by atoms with Crippen molar-refractivity contribution in [2.75, 3.05) is 59.6 Å². The molecular formula is C53H68Cl2F6N2O4. The molecule has 2 aliphatic heterocycles. The molecule has 6 nitrogen and oxygen atoms in total. The molecule has 67 heavy (non-hydrogen) atoms. The number of nitrogens with zero attached hydrogens (tertiary/aromatic N) is 2. The van der Waals surface area contributed by atoms with Crippen molar-refractivity contribution < 1.29 is 45.7 Å². The van der Waals surface area contributed by atoms with Crippen LogP contribution in [0.25, 0.3) is 0 Å². The van der Waals surface area contributed by atoms with E-state index >= 15 is 0 Å². The highest BCUT2D eigenvalue weighted by Crippen LogP contribution is 2.49. The molecule has 2 heterocycles. The lowest BCUT2D eigenvalue weighted by atomic mass is 9.61. The number of aliphatic hydroxyl groups is 1. The second-order valence-corrected chi connectivity index (χ2v) is 19.3. The fourth-order valence-electron chi connectivity index (χ4n) is 10.2. The van der Waals surface area contributed by atoms with Gasteiger partial charge >= 0.3 is 12.4 Å². The normalized spacial score (nSPS) is 21.4. The molecule has 0 aromatic heterocycles. The van der Waals surface area contributed by atoms with Gasteiger partial charge in [0.15, 0.2) is 0 Å². The van der Waals surface area contributed by atoms with Crippen molar-refractivity contribution in [3.05, 3.63) is 129 Å². The van der Waals surface area contributed by atoms with Gasteiger partial charge in [-0.15, -0.1) is 0 Å². The molecule has 2 aliphatic carbocycles. The molecule has 1 N–H and O–H groups in total. The van der Waals surface area contributed by atoms with Crippen molar-refractivity contribution in [1.82, 2.24) is 9.80 Å². The van der Waals surface area contributed by atoms with Crippen LogP contribution in [0.1, 0.15) is 101 Å². The van der Waals surface area contributed by atoms with E-state index in [1.54, 1.807) is 7.11 Å². The number of likely N-dealkylation sites (tertiary alicyclic amines) is 2. The number of piperidine rings is 2. The molecule has 0 radical (unpaired) electrons. The molecule has 4 atom stereocenters. The van der Waals surface area contributed by atoms with Crippen molar-refractivity contribution in [3.63, 3.8) is 0 Å². The van der Waals surface area contributed by atoms with Crippen molar-refractivity contribution in [2.45, 2.75) is 114 Å². The van der Waals surface area contributed by atoms with E-state index in [1.165, 1.54) is 36.2 Å². The van der Waals surface area contributed by atoms with Gasteiger partial charge in [0.05, 0.1) is 36.5 Å². The first-order valence-corrected chi connectivity index (χ1v) is 23.6. The number of β-amino-alcohol motifs (C(OH)–C–C–N with tert-alkyl or cyclic N) is 1. The van der Waals surface area contributed by atoms with Gasteiger partial charge in [0.2, 0.25) is 0 Å². The van der Waals surface area contributed by atoms with Gasteiger partial charge < -0.3 is 29.1 Å². The maximum absolute atomic E-state index is 12.7. The van der Waals surface area contributed by atoms with Crippen LogP contribution in [0.15, 0.2) is 97.1 Å². The SMILES string of the molecule is C.C.CO[C@@H](CN1CCC[C@@H](COc2ccc(C(F)(F)F)cc2)C1)C1(c2ccc(Cl)cc2)CCC1.O[C@@H](CN1CCC[C@@H](COc2ccc(C(F)(F)F)cc2)C1)C1(c2ccc(Cl)cc2)CCC1. The number of hydrogen-bond donors (Lipinski definition) is 1. The summed E-state index contributed by atoms with van der Waals surface area (Å²) in [5.41, 5.74) is 0.948. The van der Waals surface area contributed by atoms with Crippen LogP contribution >= 0.6 is 23.2 Å². The molecule has 0 unspecified atom stereocenters. The predicted octanol–water partition coefficient (Wildman–Crippen LogP) is 13.8. The molecule has 370 valence electrons. The van der Waals surface area contributed by atoms with Gasteiger partial charge in [-0.2, -0.15) is 26.3 Å². The molecule has 4 aromatic rings. The van der Waals surface area contributed by atoms with Crippen LogP contribution < -0.4 is 9.47 Å². The standard InChI is InChI=1S/C26H31ClF3NO2.C25H29ClF3NO2.2CH4/c1-32-24(25(13-3-14-25)20-5-9-22(27)10-6-20)17-31-15-2-4-19(16-31)18-33-23-11-7-21(8-12-23)26(28,29)30;26-21-8-4-19(5-9-21)24(12-2-13-24)23(31)16-30-14-1-3-18(15-30)17-32-22-10-6-20(7-11-22)25(27,28)29;;/h5-12,19,24H,2-4,13-18H2,1H3;4-11,18,23,31H,1-3,12-17H2;2*1H4/t19-,24+;18-,23+;;/m11../s1. The lowest BCUT2D eigenvalue weighted by Crippen LogP contribution is -2.53. The van der Waals surface area contributed by atoms with Gasteiger partial charge in [-0.25, -0.2) is 0 Å². The summed E-state index contributed by atoms with van der Waals surface area (Å²) in [5, 5.41) is 12.6. The van der Waals surface area contributed by atoms with Crippen LogP contribution in [0.2, 0.25) is 10.0 Å². The van der Waals surface area contributed by atoms with Crippen molar-refractivity contribution >= 4 is 23.2 Å². The van der Waals surface area contributed by atoms with Crippen LogP contribution in [0.3, 0.4) is 0 Å². The summed E-state index contributed by atoms with van der Waals surface area (Å²) < 4.78 is 94.0. The van der Waals surface area contributed by atoms with Crippen molar-refractivity contribution in [3.8, 4) is 11.5 Å². The number of halogens is 8.